The summed E-state index contributed by atoms with van der Waals surface area (Å²) < 4.78 is 47.8. The summed E-state index contributed by atoms with van der Waals surface area (Å²) in [4.78, 5) is 49.8. The lowest BCUT2D eigenvalue weighted by Gasteiger charge is -2.62. The molecule has 0 spiro atoms. The molecule has 0 aromatic carbocycles. The summed E-state index contributed by atoms with van der Waals surface area (Å²) in [7, 11) is 0. The zero-order valence-electron chi connectivity index (χ0n) is 19.6. The van der Waals surface area contributed by atoms with Gasteiger partial charge in [-0.2, -0.15) is 8.78 Å². The van der Waals surface area contributed by atoms with Crippen molar-refractivity contribution < 1.29 is 57.1 Å². The smallest absolute Gasteiger partial charge is 0.377 e. The molecule has 8 unspecified atom stereocenters. The highest BCUT2D eigenvalue weighted by Gasteiger charge is 2.70. The highest BCUT2D eigenvalue weighted by molar-refractivity contribution is 5.87. The number of halogens is 2. The third kappa shape index (κ3) is 3.62. The number of esters is 4. The molecule has 198 valence electrons. The second-order valence-corrected chi connectivity index (χ2v) is 12.0. The van der Waals surface area contributed by atoms with Crippen LogP contribution in [0.15, 0.2) is 0 Å². The normalized spacial score (nSPS) is 47.6. The van der Waals surface area contributed by atoms with Gasteiger partial charge >= 0.3 is 29.8 Å². The first-order chi connectivity index (χ1) is 16.7. The van der Waals surface area contributed by atoms with Crippen LogP contribution in [-0.2, 0) is 38.1 Å². The van der Waals surface area contributed by atoms with Gasteiger partial charge in [0.05, 0.1) is 23.0 Å². The first kappa shape index (κ1) is 24.0. The standard InChI is InChI=1S/C24H28F2O10/c1-21(25,26)20(30)35-17-11-2-12-15(19(29)34-16(12)17)14(11)18(28)33-6-13(27)36-24-5-10-3-22(31,8-24)7-23(32,4-10)9-24/h10-12,14-17,31-32H,2-9H2,1H3. The summed E-state index contributed by atoms with van der Waals surface area (Å²) in [5.41, 5.74) is -3.24. The Bertz CT molecular complexity index is 1020. The van der Waals surface area contributed by atoms with Gasteiger partial charge in [-0.15, -0.1) is 0 Å². The van der Waals surface area contributed by atoms with Crippen molar-refractivity contribution >= 4 is 23.9 Å². The van der Waals surface area contributed by atoms with Gasteiger partial charge in [0.1, 0.15) is 17.8 Å². The van der Waals surface area contributed by atoms with Crippen LogP contribution < -0.4 is 0 Å². The lowest BCUT2D eigenvalue weighted by molar-refractivity contribution is -0.262. The van der Waals surface area contributed by atoms with E-state index in [9.17, 15) is 38.2 Å². The molecule has 6 aliphatic carbocycles. The third-order valence-electron chi connectivity index (χ3n) is 9.04. The summed E-state index contributed by atoms with van der Waals surface area (Å²) in [6, 6.07) is 0. The number of aliphatic hydroxyl groups is 2. The molecule has 0 amide bonds. The summed E-state index contributed by atoms with van der Waals surface area (Å²) in [6.07, 6.45) is 0.418. The number of ether oxygens (including phenoxy) is 4. The van der Waals surface area contributed by atoms with E-state index in [-0.39, 0.29) is 31.6 Å². The van der Waals surface area contributed by atoms with Gasteiger partial charge in [0.15, 0.2) is 6.61 Å². The van der Waals surface area contributed by atoms with Crippen molar-refractivity contribution in [3.05, 3.63) is 0 Å². The molecule has 12 heteroatoms. The topological polar surface area (TPSA) is 146 Å². The van der Waals surface area contributed by atoms with Crippen molar-refractivity contribution in [1.29, 1.82) is 0 Å². The fourth-order valence-corrected chi connectivity index (χ4v) is 8.56. The van der Waals surface area contributed by atoms with Gasteiger partial charge in [0.2, 0.25) is 0 Å². The minimum atomic E-state index is -3.75. The van der Waals surface area contributed by atoms with Crippen molar-refractivity contribution in [1.82, 2.24) is 0 Å². The van der Waals surface area contributed by atoms with E-state index in [1.807, 2.05) is 0 Å². The Balaban J connectivity index is 1.11. The molecule has 7 fully saturated rings. The second-order valence-electron chi connectivity index (χ2n) is 12.0. The molecule has 7 aliphatic rings. The Morgan fingerprint density at radius 2 is 1.75 bits per heavy atom. The van der Waals surface area contributed by atoms with Gasteiger partial charge < -0.3 is 29.2 Å². The van der Waals surface area contributed by atoms with E-state index < -0.39 is 89.1 Å². The Hall–Kier alpha value is -2.34. The SMILES string of the molecule is CC(F)(F)C(=O)OC1C2CC3C1OC(=O)C3C2C(=O)OCC(=O)OC12CC3CC(O)(CC(O)(C3)C1)C2. The van der Waals surface area contributed by atoms with Gasteiger partial charge in [-0.1, -0.05) is 0 Å². The fraction of sp³-hybridized carbons (Fsp3) is 0.833. The number of carbonyl (C=O) groups excluding carboxylic acids is 4. The minimum absolute atomic E-state index is 0.0251. The molecule has 10 nitrogen and oxygen atoms in total. The maximum Gasteiger partial charge on any atom is 0.377 e. The van der Waals surface area contributed by atoms with Crippen LogP contribution in [0.5, 0.6) is 0 Å². The molecule has 0 radical (unpaired) electrons. The largest absolute Gasteiger partial charge is 0.458 e. The summed E-state index contributed by atoms with van der Waals surface area (Å²) in [5.74, 6) is -11.1. The summed E-state index contributed by atoms with van der Waals surface area (Å²) in [5, 5.41) is 21.7. The van der Waals surface area contributed by atoms with Crippen LogP contribution in [0, 0.1) is 29.6 Å². The van der Waals surface area contributed by atoms with Gasteiger partial charge in [-0.05, 0) is 31.6 Å². The lowest BCUT2D eigenvalue weighted by Crippen LogP contribution is -2.67. The van der Waals surface area contributed by atoms with Crippen molar-refractivity contribution in [3.8, 4) is 0 Å². The number of fused-ring (bicyclic) bond motifs is 1. The van der Waals surface area contributed by atoms with E-state index in [1.165, 1.54) is 0 Å². The van der Waals surface area contributed by atoms with Crippen LogP contribution in [0.2, 0.25) is 0 Å². The molecule has 8 atom stereocenters. The first-order valence-electron chi connectivity index (χ1n) is 12.3. The highest BCUT2D eigenvalue weighted by Crippen LogP contribution is 2.61. The monoisotopic (exact) mass is 514 g/mol. The maximum absolute atomic E-state index is 13.4. The summed E-state index contributed by atoms with van der Waals surface area (Å²) in [6.45, 7) is -0.358. The van der Waals surface area contributed by atoms with Crippen LogP contribution in [0.4, 0.5) is 8.78 Å². The number of hydrogen-bond donors (Lipinski definition) is 2. The molecule has 1 saturated heterocycles. The van der Waals surface area contributed by atoms with Crippen LogP contribution in [0.3, 0.4) is 0 Å². The average Bonchev–Trinajstić information content (AvgIpc) is 3.32. The Kier molecular flexibility index (Phi) is 4.92. The van der Waals surface area contributed by atoms with E-state index in [0.29, 0.717) is 26.2 Å². The van der Waals surface area contributed by atoms with Crippen molar-refractivity contribution in [2.45, 2.75) is 86.8 Å². The molecule has 6 saturated carbocycles. The van der Waals surface area contributed by atoms with E-state index in [0.717, 1.165) is 0 Å². The van der Waals surface area contributed by atoms with Crippen molar-refractivity contribution in [2.24, 2.45) is 29.6 Å². The van der Waals surface area contributed by atoms with E-state index in [2.05, 4.69) is 0 Å². The van der Waals surface area contributed by atoms with Gasteiger partial charge in [-0.3, -0.25) is 9.59 Å². The molecule has 1 aliphatic heterocycles. The van der Waals surface area contributed by atoms with Gasteiger partial charge in [0, 0.05) is 38.0 Å². The molecule has 36 heavy (non-hydrogen) atoms. The number of alkyl halides is 2. The van der Waals surface area contributed by atoms with Crippen LogP contribution in [0.1, 0.15) is 51.9 Å². The zero-order valence-corrected chi connectivity index (χ0v) is 19.6. The third-order valence-corrected chi connectivity index (χ3v) is 9.04. The predicted molar refractivity (Wildman–Crippen MR) is 110 cm³/mol. The van der Waals surface area contributed by atoms with E-state index in [1.54, 1.807) is 0 Å². The molecular formula is C24H28F2O10. The molecule has 2 N–H and O–H groups in total. The highest BCUT2D eigenvalue weighted by atomic mass is 19.3. The number of hydrogen-bond acceptors (Lipinski definition) is 10. The zero-order chi connectivity index (χ0) is 25.8. The van der Waals surface area contributed by atoms with E-state index >= 15 is 0 Å². The van der Waals surface area contributed by atoms with Gasteiger partial charge in [0.25, 0.3) is 0 Å². The second kappa shape index (κ2) is 7.37. The van der Waals surface area contributed by atoms with E-state index in [4.69, 9.17) is 18.9 Å². The maximum atomic E-state index is 13.4. The lowest BCUT2D eigenvalue weighted by atomic mass is 9.50. The quantitative estimate of drug-likeness (QED) is 0.383. The molecule has 0 aromatic rings. The first-order valence-corrected chi connectivity index (χ1v) is 12.3. The fourth-order valence-electron chi connectivity index (χ4n) is 8.56. The van der Waals surface area contributed by atoms with Crippen LogP contribution >= 0.6 is 0 Å². The van der Waals surface area contributed by atoms with Crippen molar-refractivity contribution in [3.63, 3.8) is 0 Å². The molecule has 1 heterocycles. The van der Waals surface area contributed by atoms with Gasteiger partial charge in [-0.25, -0.2) is 9.59 Å². The number of rotatable bonds is 6. The molecule has 0 aromatic heterocycles. The average molecular weight is 514 g/mol. The van der Waals surface area contributed by atoms with Crippen molar-refractivity contribution in [2.75, 3.05) is 6.61 Å². The molecule has 7 rings (SSSR count). The Morgan fingerprint density at radius 1 is 1.08 bits per heavy atom. The molecular weight excluding hydrogens is 486 g/mol. The van der Waals surface area contributed by atoms with Crippen LogP contribution in [-0.4, -0.2) is 75.6 Å². The van der Waals surface area contributed by atoms with Crippen LogP contribution in [0.25, 0.3) is 0 Å². The Morgan fingerprint density at radius 3 is 2.36 bits per heavy atom. The summed E-state index contributed by atoms with van der Waals surface area (Å²) >= 11 is 0. The Labute approximate surface area is 204 Å². The number of carbonyl (C=O) groups is 4. The predicted octanol–water partition coefficient (Wildman–Crippen LogP) is 0.646. The molecule has 6 bridgehead atoms. The minimum Gasteiger partial charge on any atom is -0.458 e.